The molecular formula is C31H41BrN4O4S. The summed E-state index contributed by atoms with van der Waals surface area (Å²) in [7, 11) is 1.95. The first-order chi connectivity index (χ1) is 19.6. The van der Waals surface area contributed by atoms with Crippen LogP contribution in [0, 0.1) is 0 Å². The number of hydrogen-bond acceptors (Lipinski definition) is 6. The van der Waals surface area contributed by atoms with Crippen LogP contribution in [0.25, 0.3) is 11.1 Å². The van der Waals surface area contributed by atoms with Gasteiger partial charge in [0.1, 0.15) is 13.3 Å². The van der Waals surface area contributed by atoms with Gasteiger partial charge < -0.3 is 25.1 Å². The molecule has 41 heavy (non-hydrogen) atoms. The van der Waals surface area contributed by atoms with Crippen molar-refractivity contribution in [2.75, 3.05) is 30.5 Å². The molecule has 1 heterocycles. The van der Waals surface area contributed by atoms with E-state index >= 15 is 0 Å². The second-order valence-corrected chi connectivity index (χ2v) is 11.1. The molecule has 0 bridgehead atoms. The van der Waals surface area contributed by atoms with Crippen LogP contribution in [-0.2, 0) is 16.1 Å². The molecule has 0 fully saturated rings. The van der Waals surface area contributed by atoms with Gasteiger partial charge in [0.15, 0.2) is 0 Å². The Morgan fingerprint density at radius 2 is 1.76 bits per heavy atom. The van der Waals surface area contributed by atoms with E-state index in [-0.39, 0.29) is 0 Å². The van der Waals surface area contributed by atoms with E-state index in [1.807, 2.05) is 86.0 Å². The monoisotopic (exact) mass is 644 g/mol. The number of benzene rings is 2. The fourth-order valence-corrected chi connectivity index (χ4v) is 3.21. The molecule has 3 aromatic rings. The van der Waals surface area contributed by atoms with Gasteiger partial charge >= 0.3 is 5.97 Å². The first kappa shape index (κ1) is 37.4. The number of allylic oxidation sites excluding steroid dienone is 4. The standard InChI is InChI=1S/C20H20N4O3.C7H11Br.C3H8S.CH2O/c1-24(12-15-10-21-13-23-15)16-7-8-17(20(27)22-11-19(25)26)18(9-16)14-5-3-2-4-6-14;1-6(2)4-5-7(3)8;1-3-4-2;1-2/h2-10,13H,11-12H2,1H3,(H,21,23)(H,22,27)(H,25,26);4-5H,1-3H3;3H2,1-2H3;1H2/b;7-5+;;. The van der Waals surface area contributed by atoms with Crippen LogP contribution in [0.1, 0.15) is 43.7 Å². The highest BCUT2D eigenvalue weighted by atomic mass is 79.9. The Kier molecular flexibility index (Phi) is 20.1. The molecule has 3 N–H and O–H groups in total. The van der Waals surface area contributed by atoms with Gasteiger partial charge in [0.25, 0.3) is 5.91 Å². The molecule has 1 aromatic heterocycles. The molecule has 3 rings (SSSR count). The Morgan fingerprint density at radius 3 is 2.22 bits per heavy atom. The first-order valence-corrected chi connectivity index (χ1v) is 14.9. The molecule has 0 unspecified atom stereocenters. The van der Waals surface area contributed by atoms with Gasteiger partial charge in [0.05, 0.1) is 18.6 Å². The number of imidazole rings is 1. The summed E-state index contributed by atoms with van der Waals surface area (Å²) in [4.78, 5) is 40.4. The third-order valence-electron chi connectivity index (χ3n) is 5.07. The van der Waals surface area contributed by atoms with Crippen molar-refractivity contribution in [3.05, 3.63) is 94.5 Å². The van der Waals surface area contributed by atoms with Crippen LogP contribution in [0.3, 0.4) is 0 Å². The lowest BCUT2D eigenvalue weighted by Crippen LogP contribution is -2.29. The van der Waals surface area contributed by atoms with Gasteiger partial charge in [-0.2, -0.15) is 11.8 Å². The minimum atomic E-state index is -1.08. The summed E-state index contributed by atoms with van der Waals surface area (Å²) < 4.78 is 1.17. The van der Waals surface area contributed by atoms with Crippen molar-refractivity contribution < 1.29 is 19.5 Å². The van der Waals surface area contributed by atoms with E-state index in [1.54, 1.807) is 18.6 Å². The number of aromatic amines is 1. The largest absolute Gasteiger partial charge is 0.480 e. The molecule has 1 amide bonds. The number of H-pyrrole nitrogens is 1. The Balaban J connectivity index is 0.000000956. The molecule has 222 valence electrons. The van der Waals surface area contributed by atoms with Crippen molar-refractivity contribution in [1.82, 2.24) is 15.3 Å². The van der Waals surface area contributed by atoms with Gasteiger partial charge in [-0.1, -0.05) is 70.9 Å². The number of thioether (sulfide) groups is 1. The number of nitrogens with zero attached hydrogens (tertiary/aromatic N) is 2. The third kappa shape index (κ3) is 16.3. The molecule has 0 spiro atoms. The molecule has 8 nitrogen and oxygen atoms in total. The number of halogens is 1. The van der Waals surface area contributed by atoms with Gasteiger partial charge in [0, 0.05) is 24.5 Å². The van der Waals surface area contributed by atoms with Crippen LogP contribution >= 0.6 is 27.7 Å². The van der Waals surface area contributed by atoms with E-state index in [2.05, 4.69) is 64.3 Å². The van der Waals surface area contributed by atoms with E-state index in [1.165, 1.54) is 15.8 Å². The average molecular weight is 646 g/mol. The number of hydrogen-bond donors (Lipinski definition) is 3. The van der Waals surface area contributed by atoms with Crippen LogP contribution in [0.5, 0.6) is 0 Å². The van der Waals surface area contributed by atoms with Gasteiger partial charge in [0.2, 0.25) is 0 Å². The van der Waals surface area contributed by atoms with Crippen LogP contribution in [0.2, 0.25) is 0 Å². The van der Waals surface area contributed by atoms with Crippen molar-refractivity contribution >= 4 is 52.0 Å². The lowest BCUT2D eigenvalue weighted by atomic mass is 9.98. The summed E-state index contributed by atoms with van der Waals surface area (Å²) in [6.45, 7) is 10.5. The molecule has 0 atom stereocenters. The van der Waals surface area contributed by atoms with Crippen LogP contribution < -0.4 is 10.2 Å². The molecule has 2 aromatic carbocycles. The second-order valence-electron chi connectivity index (χ2n) is 8.68. The Morgan fingerprint density at radius 1 is 1.12 bits per heavy atom. The van der Waals surface area contributed by atoms with Gasteiger partial charge in [-0.25, -0.2) is 4.98 Å². The average Bonchev–Trinajstić information content (AvgIpc) is 3.49. The Bertz CT molecular complexity index is 1210. The molecular weight excluding hydrogens is 604 g/mol. The van der Waals surface area contributed by atoms with Crippen molar-refractivity contribution in [3.8, 4) is 11.1 Å². The molecule has 0 aliphatic heterocycles. The number of aliphatic carboxylic acids is 1. The van der Waals surface area contributed by atoms with E-state index in [0.717, 1.165) is 22.5 Å². The summed E-state index contributed by atoms with van der Waals surface area (Å²) in [6, 6.07) is 15.0. The fraction of sp³-hybridized carbons (Fsp3) is 0.290. The minimum Gasteiger partial charge on any atom is -0.480 e. The van der Waals surface area contributed by atoms with Crippen molar-refractivity contribution in [1.29, 1.82) is 0 Å². The highest BCUT2D eigenvalue weighted by Gasteiger charge is 2.16. The van der Waals surface area contributed by atoms with Crippen LogP contribution in [-0.4, -0.2) is 59.3 Å². The maximum Gasteiger partial charge on any atom is 0.322 e. The predicted molar refractivity (Wildman–Crippen MR) is 176 cm³/mol. The number of carboxylic acids is 1. The van der Waals surface area contributed by atoms with E-state index in [4.69, 9.17) is 9.90 Å². The highest BCUT2D eigenvalue weighted by Crippen LogP contribution is 2.29. The number of carboxylic acid groups (broad SMARTS) is 1. The number of carbonyl (C=O) groups is 3. The molecule has 0 saturated carbocycles. The lowest BCUT2D eigenvalue weighted by molar-refractivity contribution is -0.135. The second kappa shape index (κ2) is 22.1. The van der Waals surface area contributed by atoms with Crippen LogP contribution in [0.4, 0.5) is 5.69 Å². The summed E-state index contributed by atoms with van der Waals surface area (Å²) in [5.74, 6) is -0.264. The molecule has 0 aliphatic rings. The topological polar surface area (TPSA) is 115 Å². The number of rotatable bonds is 9. The molecule has 0 saturated heterocycles. The summed E-state index contributed by atoms with van der Waals surface area (Å²) in [5.41, 5.74) is 5.28. The van der Waals surface area contributed by atoms with Gasteiger partial charge in [-0.05, 0) is 66.6 Å². The van der Waals surface area contributed by atoms with E-state index in [9.17, 15) is 9.59 Å². The fourth-order valence-electron chi connectivity index (χ4n) is 3.07. The van der Waals surface area contributed by atoms with E-state index < -0.39 is 18.4 Å². The number of amides is 1. The normalized spacial score (nSPS) is 9.88. The number of nitrogens with one attached hydrogen (secondary N) is 2. The van der Waals surface area contributed by atoms with Crippen LogP contribution in [0.15, 0.2) is 83.3 Å². The number of aromatic nitrogens is 2. The summed E-state index contributed by atoms with van der Waals surface area (Å²) >= 11 is 5.18. The first-order valence-electron chi connectivity index (χ1n) is 12.7. The molecule has 0 radical (unpaired) electrons. The zero-order valence-electron chi connectivity index (χ0n) is 24.6. The van der Waals surface area contributed by atoms with E-state index in [0.29, 0.717) is 12.1 Å². The maximum atomic E-state index is 12.5. The zero-order chi connectivity index (χ0) is 31.2. The minimum absolute atomic E-state index is 0.418. The quantitative estimate of drug-likeness (QED) is 0.216. The highest BCUT2D eigenvalue weighted by molar-refractivity contribution is 9.11. The SMILES string of the molecule is C=O.CC(C)=C/C=C(\C)Br.CCSC.CN(Cc1cnc[nH]1)c1ccc(C(=O)NCC(=O)O)c(-c2ccccc2)c1. The third-order valence-corrected chi connectivity index (χ3v) is 5.91. The van der Waals surface area contributed by atoms with Gasteiger partial charge in [-0.3, -0.25) is 9.59 Å². The maximum absolute atomic E-state index is 12.5. The smallest absolute Gasteiger partial charge is 0.322 e. The van der Waals surface area contributed by atoms with Crippen molar-refractivity contribution in [2.45, 2.75) is 34.2 Å². The Hall–Kier alpha value is -3.63. The number of anilines is 1. The predicted octanol–water partition coefficient (Wildman–Crippen LogP) is 6.96. The Labute approximate surface area is 256 Å². The van der Waals surface area contributed by atoms with Gasteiger partial charge in [-0.15, -0.1) is 0 Å². The van der Waals surface area contributed by atoms with Crippen molar-refractivity contribution in [2.24, 2.45) is 0 Å². The summed E-state index contributed by atoms with van der Waals surface area (Å²) in [6.07, 6.45) is 9.61. The number of carbonyl (C=O) groups excluding carboxylic acids is 2. The summed E-state index contributed by atoms with van der Waals surface area (Å²) in [5, 5.41) is 11.2. The molecule has 0 aliphatic carbocycles. The lowest BCUT2D eigenvalue weighted by Gasteiger charge is -2.20. The molecule has 10 heteroatoms. The zero-order valence-corrected chi connectivity index (χ0v) is 27.0. The van der Waals surface area contributed by atoms with Crippen molar-refractivity contribution in [3.63, 3.8) is 0 Å².